The number of aliphatic hydroxyl groups excluding tert-OH is 2. The van der Waals surface area contributed by atoms with Crippen LogP contribution in [0, 0.1) is 6.92 Å². The molecule has 0 radical (unpaired) electrons. The molecule has 1 aromatic heterocycles. The smallest absolute Gasteiger partial charge is 0.122 e. The molecule has 5 heteroatoms. The van der Waals surface area contributed by atoms with E-state index in [1.807, 2.05) is 26.0 Å². The van der Waals surface area contributed by atoms with Gasteiger partial charge in [-0.2, -0.15) is 0 Å². The minimum absolute atomic E-state index is 0.101. The topological polar surface area (TPSA) is 69.9 Å². The third-order valence-electron chi connectivity index (χ3n) is 5.80. The first-order chi connectivity index (χ1) is 14.4. The molecule has 160 valence electrons. The van der Waals surface area contributed by atoms with Crippen LogP contribution in [0.4, 0.5) is 0 Å². The predicted molar refractivity (Wildman–Crippen MR) is 122 cm³/mol. The molecule has 0 fully saturated rings. The average Bonchev–Trinajstić information content (AvgIpc) is 3.25. The minimum Gasteiger partial charge on any atom is -0.488 e. The summed E-state index contributed by atoms with van der Waals surface area (Å²) in [5, 5.41) is 31.7. The fraction of sp³-hybridized carbons (Fsp3) is 0.360. The molecule has 2 aromatic carbocycles. The zero-order valence-electron chi connectivity index (χ0n) is 17.8. The molecule has 0 saturated heterocycles. The highest BCUT2D eigenvalue weighted by atomic mass is 32.1. The summed E-state index contributed by atoms with van der Waals surface area (Å²) in [6.45, 7) is 6.32. The Kier molecular flexibility index (Phi) is 7.32. The van der Waals surface area contributed by atoms with Crippen LogP contribution in [0.1, 0.15) is 53.8 Å². The fourth-order valence-corrected chi connectivity index (χ4v) is 4.48. The molecular formula is C25H30O4S. The van der Waals surface area contributed by atoms with Gasteiger partial charge >= 0.3 is 0 Å². The van der Waals surface area contributed by atoms with Crippen molar-refractivity contribution in [2.45, 2.75) is 59.0 Å². The molecule has 3 aromatic rings. The molecule has 30 heavy (non-hydrogen) atoms. The molecule has 0 unspecified atom stereocenters. The lowest BCUT2D eigenvalue weighted by Gasteiger charge is -2.26. The fourth-order valence-electron chi connectivity index (χ4n) is 3.68. The Bertz CT molecular complexity index is 989. The second-order valence-electron chi connectivity index (χ2n) is 7.61. The first-order valence-electron chi connectivity index (χ1n) is 10.3. The lowest BCUT2D eigenvalue weighted by Crippen LogP contribution is -2.23. The normalized spacial score (nSPS) is 11.7. The summed E-state index contributed by atoms with van der Waals surface area (Å²) in [5.74, 6) is 0.671. The van der Waals surface area contributed by atoms with Gasteiger partial charge in [0.2, 0.25) is 0 Å². The van der Waals surface area contributed by atoms with Gasteiger partial charge in [-0.25, -0.2) is 0 Å². The van der Waals surface area contributed by atoms with Crippen LogP contribution in [0.15, 0.2) is 47.8 Å². The van der Waals surface area contributed by atoms with Crippen molar-refractivity contribution in [3.8, 4) is 16.9 Å². The minimum atomic E-state index is -0.768. The number of rotatable bonds is 9. The third kappa shape index (κ3) is 4.76. The standard InChI is InChI=1S/C25H30O4S/c1-4-25(28,5-2)21-7-9-24(17(3)10-21)20-12-23(30-16-20)15-29-22-8-6-18(13-26)19(11-22)14-27/h6-12,16,26-28H,4-5,13-15H2,1-3H3. The number of hydrogen-bond acceptors (Lipinski definition) is 5. The Labute approximate surface area is 182 Å². The number of aliphatic hydroxyl groups is 3. The van der Waals surface area contributed by atoms with Gasteiger partial charge in [0.15, 0.2) is 0 Å². The summed E-state index contributed by atoms with van der Waals surface area (Å²) in [6, 6.07) is 13.7. The Balaban J connectivity index is 1.74. The Hall–Kier alpha value is -2.18. The molecule has 0 aliphatic rings. The van der Waals surface area contributed by atoms with Gasteiger partial charge in [-0.05, 0) is 76.7 Å². The molecule has 3 rings (SSSR count). The van der Waals surface area contributed by atoms with Crippen LogP contribution >= 0.6 is 11.3 Å². The van der Waals surface area contributed by atoms with Crippen molar-refractivity contribution in [1.82, 2.24) is 0 Å². The molecule has 0 saturated carbocycles. The molecule has 4 nitrogen and oxygen atoms in total. The summed E-state index contributed by atoms with van der Waals surface area (Å²) in [7, 11) is 0. The average molecular weight is 427 g/mol. The van der Waals surface area contributed by atoms with Gasteiger partial charge in [-0.1, -0.05) is 38.1 Å². The van der Waals surface area contributed by atoms with E-state index in [9.17, 15) is 15.3 Å². The molecule has 3 N–H and O–H groups in total. The Morgan fingerprint density at radius 1 is 0.933 bits per heavy atom. The van der Waals surface area contributed by atoms with Crippen molar-refractivity contribution < 1.29 is 20.1 Å². The summed E-state index contributed by atoms with van der Waals surface area (Å²) in [5.41, 5.74) is 5.04. The molecule has 0 bridgehead atoms. The van der Waals surface area contributed by atoms with E-state index in [-0.39, 0.29) is 13.2 Å². The van der Waals surface area contributed by atoms with E-state index in [1.165, 1.54) is 0 Å². The second kappa shape index (κ2) is 9.75. The molecule has 0 aliphatic heterocycles. The maximum atomic E-state index is 10.8. The number of ether oxygens (including phenoxy) is 1. The van der Waals surface area contributed by atoms with Crippen molar-refractivity contribution >= 4 is 11.3 Å². The van der Waals surface area contributed by atoms with E-state index < -0.39 is 5.60 Å². The second-order valence-corrected chi connectivity index (χ2v) is 8.60. The zero-order chi connectivity index (χ0) is 21.7. The summed E-state index contributed by atoms with van der Waals surface area (Å²) >= 11 is 1.64. The lowest BCUT2D eigenvalue weighted by atomic mass is 9.86. The summed E-state index contributed by atoms with van der Waals surface area (Å²) in [4.78, 5) is 1.10. The Morgan fingerprint density at radius 3 is 2.30 bits per heavy atom. The van der Waals surface area contributed by atoms with Crippen LogP contribution in [0.2, 0.25) is 0 Å². The van der Waals surface area contributed by atoms with Crippen molar-refractivity contribution in [3.63, 3.8) is 0 Å². The van der Waals surface area contributed by atoms with Crippen LogP contribution in [0.25, 0.3) is 11.1 Å². The lowest BCUT2D eigenvalue weighted by molar-refractivity contribution is 0.0283. The molecular weight excluding hydrogens is 396 g/mol. The SMILES string of the molecule is CCC(O)(CC)c1ccc(-c2csc(COc3ccc(CO)c(CO)c3)c2)c(C)c1. The van der Waals surface area contributed by atoms with Gasteiger partial charge in [0.1, 0.15) is 12.4 Å². The van der Waals surface area contributed by atoms with Crippen molar-refractivity contribution in [2.75, 3.05) is 0 Å². The van der Waals surface area contributed by atoms with E-state index >= 15 is 0 Å². The monoisotopic (exact) mass is 426 g/mol. The summed E-state index contributed by atoms with van der Waals surface area (Å²) in [6.07, 6.45) is 1.39. The van der Waals surface area contributed by atoms with Gasteiger partial charge in [0.05, 0.1) is 18.8 Å². The van der Waals surface area contributed by atoms with Crippen LogP contribution in [0.5, 0.6) is 5.75 Å². The van der Waals surface area contributed by atoms with E-state index in [1.54, 1.807) is 23.5 Å². The van der Waals surface area contributed by atoms with Gasteiger partial charge in [-0.15, -0.1) is 11.3 Å². The number of aryl methyl sites for hydroxylation is 1. The van der Waals surface area contributed by atoms with Gasteiger partial charge < -0.3 is 20.1 Å². The molecule has 0 spiro atoms. The van der Waals surface area contributed by atoms with E-state index in [2.05, 4.69) is 30.5 Å². The highest BCUT2D eigenvalue weighted by Crippen LogP contribution is 2.34. The van der Waals surface area contributed by atoms with E-state index in [0.29, 0.717) is 36.3 Å². The van der Waals surface area contributed by atoms with Crippen molar-refractivity contribution in [3.05, 3.63) is 75.0 Å². The first kappa shape index (κ1) is 22.5. The molecule has 0 amide bonds. The van der Waals surface area contributed by atoms with Crippen LogP contribution in [0.3, 0.4) is 0 Å². The number of benzene rings is 2. The first-order valence-corrected chi connectivity index (χ1v) is 11.2. The summed E-state index contributed by atoms with van der Waals surface area (Å²) < 4.78 is 5.89. The molecule has 0 atom stereocenters. The number of thiophene rings is 1. The van der Waals surface area contributed by atoms with E-state index in [4.69, 9.17) is 4.74 Å². The quantitative estimate of drug-likeness (QED) is 0.435. The van der Waals surface area contributed by atoms with Crippen LogP contribution in [-0.4, -0.2) is 15.3 Å². The largest absolute Gasteiger partial charge is 0.488 e. The van der Waals surface area contributed by atoms with Gasteiger partial charge in [0.25, 0.3) is 0 Å². The third-order valence-corrected chi connectivity index (χ3v) is 6.71. The van der Waals surface area contributed by atoms with Crippen LogP contribution in [-0.2, 0) is 25.4 Å². The highest BCUT2D eigenvalue weighted by Gasteiger charge is 2.25. The maximum Gasteiger partial charge on any atom is 0.122 e. The maximum absolute atomic E-state index is 10.8. The van der Waals surface area contributed by atoms with Gasteiger partial charge in [0, 0.05) is 4.88 Å². The van der Waals surface area contributed by atoms with Crippen LogP contribution < -0.4 is 4.74 Å². The predicted octanol–water partition coefficient (Wildman–Crippen LogP) is 5.29. The number of hydrogen-bond donors (Lipinski definition) is 3. The molecule has 0 aliphatic carbocycles. The Morgan fingerprint density at radius 2 is 1.67 bits per heavy atom. The van der Waals surface area contributed by atoms with Gasteiger partial charge in [-0.3, -0.25) is 0 Å². The highest BCUT2D eigenvalue weighted by molar-refractivity contribution is 7.10. The van der Waals surface area contributed by atoms with E-state index in [0.717, 1.165) is 27.1 Å². The zero-order valence-corrected chi connectivity index (χ0v) is 18.6. The molecule has 1 heterocycles. The van der Waals surface area contributed by atoms with Crippen molar-refractivity contribution in [2.24, 2.45) is 0 Å². The van der Waals surface area contributed by atoms with Crippen molar-refractivity contribution in [1.29, 1.82) is 0 Å².